The summed E-state index contributed by atoms with van der Waals surface area (Å²) in [4.78, 5) is 29.8. The summed E-state index contributed by atoms with van der Waals surface area (Å²) < 4.78 is 11.1. The first-order chi connectivity index (χ1) is 18.1. The summed E-state index contributed by atoms with van der Waals surface area (Å²) in [6, 6.07) is 21.7. The monoisotopic (exact) mass is 515 g/mol. The first-order valence-electron chi connectivity index (χ1n) is 13.6. The fraction of sp³-hybridized carbons (Fsp3) is 0.424. The van der Waals surface area contributed by atoms with Crippen LogP contribution in [0.3, 0.4) is 0 Å². The number of nitrogens with zero attached hydrogens (tertiary/aromatic N) is 1. The summed E-state index contributed by atoms with van der Waals surface area (Å²) in [5.74, 6) is -0.154. The zero-order valence-corrected chi connectivity index (χ0v) is 23.6. The molecule has 202 valence electrons. The van der Waals surface area contributed by atoms with Crippen molar-refractivity contribution in [3.8, 4) is 0 Å². The zero-order valence-electron chi connectivity index (χ0n) is 23.6. The van der Waals surface area contributed by atoms with Crippen LogP contribution in [0.2, 0.25) is 0 Å². The van der Waals surface area contributed by atoms with Gasteiger partial charge >= 0.3 is 11.9 Å². The van der Waals surface area contributed by atoms with E-state index in [9.17, 15) is 9.59 Å². The third-order valence-electron chi connectivity index (χ3n) is 6.54. The molecule has 0 amide bonds. The Hall–Kier alpha value is -3.47. The lowest BCUT2D eigenvalue weighted by molar-refractivity contribution is -0.147. The molecule has 3 aromatic rings. The number of benzene rings is 2. The van der Waals surface area contributed by atoms with E-state index in [1.54, 1.807) is 12.1 Å². The molecule has 0 saturated carbocycles. The minimum Gasteiger partial charge on any atom is -0.459 e. The van der Waals surface area contributed by atoms with Crippen molar-refractivity contribution in [2.75, 3.05) is 0 Å². The van der Waals surface area contributed by atoms with Crippen LogP contribution in [0.5, 0.6) is 0 Å². The van der Waals surface area contributed by atoms with Gasteiger partial charge in [0.25, 0.3) is 0 Å². The second-order valence-electron chi connectivity index (χ2n) is 11.0. The average Bonchev–Trinajstić information content (AvgIpc) is 2.90. The molecule has 0 aliphatic carbocycles. The molecule has 0 unspecified atom stereocenters. The maximum Gasteiger partial charge on any atom is 0.313 e. The van der Waals surface area contributed by atoms with Gasteiger partial charge in [-0.3, -0.25) is 14.6 Å². The molecule has 2 atom stereocenters. The van der Waals surface area contributed by atoms with Crippen molar-refractivity contribution in [2.45, 2.75) is 79.4 Å². The van der Waals surface area contributed by atoms with Gasteiger partial charge in [-0.25, -0.2) is 0 Å². The minimum absolute atomic E-state index is 0.0650. The fourth-order valence-corrected chi connectivity index (χ4v) is 4.33. The van der Waals surface area contributed by atoms with Gasteiger partial charge in [-0.1, -0.05) is 82.3 Å². The van der Waals surface area contributed by atoms with E-state index in [2.05, 4.69) is 56.9 Å². The molecule has 5 heteroatoms. The molecular weight excluding hydrogens is 474 g/mol. The zero-order chi connectivity index (χ0) is 27.7. The summed E-state index contributed by atoms with van der Waals surface area (Å²) in [5, 5.41) is 0. The van der Waals surface area contributed by atoms with Gasteiger partial charge in [0.15, 0.2) is 0 Å². The number of aromatic nitrogens is 1. The van der Waals surface area contributed by atoms with Gasteiger partial charge in [-0.05, 0) is 72.9 Å². The Morgan fingerprint density at radius 1 is 0.605 bits per heavy atom. The third-order valence-corrected chi connectivity index (χ3v) is 6.54. The topological polar surface area (TPSA) is 65.5 Å². The molecule has 0 saturated heterocycles. The summed E-state index contributed by atoms with van der Waals surface area (Å²) in [7, 11) is 0. The molecule has 38 heavy (non-hydrogen) atoms. The van der Waals surface area contributed by atoms with Crippen LogP contribution in [0, 0.1) is 11.8 Å². The fourth-order valence-electron chi connectivity index (χ4n) is 4.33. The number of esters is 2. The smallest absolute Gasteiger partial charge is 0.313 e. The molecule has 0 spiro atoms. The van der Waals surface area contributed by atoms with Gasteiger partial charge in [-0.2, -0.15) is 0 Å². The molecule has 0 bridgehead atoms. The Balaban J connectivity index is 1.49. The second-order valence-corrected chi connectivity index (χ2v) is 11.0. The Bertz CT molecular complexity index is 1090. The molecule has 1 heterocycles. The van der Waals surface area contributed by atoms with Crippen LogP contribution < -0.4 is 0 Å². The van der Waals surface area contributed by atoms with Crippen LogP contribution in [-0.2, 0) is 45.1 Å². The molecule has 0 fully saturated rings. The summed E-state index contributed by atoms with van der Waals surface area (Å²) in [6.07, 6.45) is 2.03. The number of rotatable bonds is 12. The van der Waals surface area contributed by atoms with E-state index >= 15 is 0 Å². The van der Waals surface area contributed by atoms with E-state index < -0.39 is 0 Å². The van der Waals surface area contributed by atoms with Crippen LogP contribution in [0.1, 0.15) is 87.0 Å². The predicted molar refractivity (Wildman–Crippen MR) is 151 cm³/mol. The third kappa shape index (κ3) is 8.83. The lowest BCUT2D eigenvalue weighted by Crippen LogP contribution is -2.15. The number of carbonyl (C=O) groups is 2. The second kappa shape index (κ2) is 13.9. The number of hydrogen-bond donors (Lipinski definition) is 0. The molecule has 0 aliphatic rings. The molecule has 3 rings (SSSR count). The van der Waals surface area contributed by atoms with Crippen molar-refractivity contribution in [3.63, 3.8) is 0 Å². The summed E-state index contributed by atoms with van der Waals surface area (Å²) in [6.45, 7) is 12.6. The SMILES string of the molecule is CC(C)Cc1ccc([C@@H](C)C(=O)OCc2cccc(COC(=O)[C@H](C)c3ccc(CC(C)C)cc3)n2)cc1. The highest BCUT2D eigenvalue weighted by molar-refractivity contribution is 5.78. The van der Waals surface area contributed by atoms with Gasteiger partial charge in [0.05, 0.1) is 23.2 Å². The molecule has 2 aromatic carbocycles. The lowest BCUT2D eigenvalue weighted by Gasteiger charge is -2.14. The van der Waals surface area contributed by atoms with Crippen LogP contribution in [0.25, 0.3) is 0 Å². The Kier molecular flexibility index (Phi) is 10.6. The highest BCUT2D eigenvalue weighted by atomic mass is 16.5. The number of carbonyl (C=O) groups excluding carboxylic acids is 2. The van der Waals surface area contributed by atoms with Crippen molar-refractivity contribution in [2.24, 2.45) is 11.8 Å². The molecule has 5 nitrogen and oxygen atoms in total. The minimum atomic E-state index is -0.367. The van der Waals surface area contributed by atoms with E-state index in [0.717, 1.165) is 24.0 Å². The van der Waals surface area contributed by atoms with Gasteiger partial charge in [0.1, 0.15) is 13.2 Å². The van der Waals surface area contributed by atoms with Crippen LogP contribution in [-0.4, -0.2) is 16.9 Å². The molecule has 0 aliphatic heterocycles. The largest absolute Gasteiger partial charge is 0.459 e. The highest BCUT2D eigenvalue weighted by Crippen LogP contribution is 2.21. The number of hydrogen-bond acceptors (Lipinski definition) is 5. The summed E-state index contributed by atoms with van der Waals surface area (Å²) >= 11 is 0. The van der Waals surface area contributed by atoms with E-state index in [1.807, 2.05) is 44.2 Å². The maximum absolute atomic E-state index is 12.6. The Morgan fingerprint density at radius 3 is 1.32 bits per heavy atom. The standard InChI is InChI=1S/C33H41NO4/c1-22(2)18-26-10-14-28(15-11-26)24(5)32(35)37-20-30-8-7-9-31(34-30)21-38-33(36)25(6)29-16-12-27(13-17-29)19-23(3)4/h7-17,22-25H,18-21H2,1-6H3/t24-,25-/m1/s1. The van der Waals surface area contributed by atoms with Gasteiger partial charge in [0, 0.05) is 0 Å². The lowest BCUT2D eigenvalue weighted by atomic mass is 9.97. The van der Waals surface area contributed by atoms with Crippen LogP contribution in [0.15, 0.2) is 66.7 Å². The van der Waals surface area contributed by atoms with Crippen LogP contribution >= 0.6 is 0 Å². The predicted octanol–water partition coefficient (Wildman–Crippen LogP) is 7.17. The van der Waals surface area contributed by atoms with Crippen molar-refractivity contribution >= 4 is 11.9 Å². The van der Waals surface area contributed by atoms with Gasteiger partial charge in [0.2, 0.25) is 0 Å². The first-order valence-corrected chi connectivity index (χ1v) is 13.6. The molecule has 0 N–H and O–H groups in total. The van der Waals surface area contributed by atoms with Gasteiger partial charge in [-0.15, -0.1) is 0 Å². The van der Waals surface area contributed by atoms with E-state index in [1.165, 1.54) is 11.1 Å². The number of pyridine rings is 1. The number of ether oxygens (including phenoxy) is 2. The van der Waals surface area contributed by atoms with Crippen molar-refractivity contribution in [1.82, 2.24) is 4.98 Å². The van der Waals surface area contributed by atoms with Gasteiger partial charge < -0.3 is 9.47 Å². The van der Waals surface area contributed by atoms with E-state index in [-0.39, 0.29) is 37.0 Å². The summed E-state index contributed by atoms with van der Waals surface area (Å²) in [5.41, 5.74) is 5.61. The van der Waals surface area contributed by atoms with Crippen molar-refractivity contribution in [3.05, 3.63) is 100 Å². The first kappa shape index (κ1) is 29.1. The molecular formula is C33H41NO4. The highest BCUT2D eigenvalue weighted by Gasteiger charge is 2.19. The molecule has 0 radical (unpaired) electrons. The van der Waals surface area contributed by atoms with E-state index in [4.69, 9.17) is 9.47 Å². The van der Waals surface area contributed by atoms with Crippen LogP contribution in [0.4, 0.5) is 0 Å². The van der Waals surface area contributed by atoms with Crippen molar-refractivity contribution < 1.29 is 19.1 Å². The maximum atomic E-state index is 12.6. The van der Waals surface area contributed by atoms with Crippen molar-refractivity contribution in [1.29, 1.82) is 0 Å². The quantitative estimate of drug-likeness (QED) is 0.239. The normalized spacial score (nSPS) is 12.8. The Labute approximate surface area is 227 Å². The Morgan fingerprint density at radius 2 is 0.974 bits per heavy atom. The molecule has 1 aromatic heterocycles. The average molecular weight is 516 g/mol. The van der Waals surface area contributed by atoms with E-state index in [0.29, 0.717) is 23.2 Å².